The van der Waals surface area contributed by atoms with E-state index in [1.54, 1.807) is 17.5 Å². The molecule has 1 aliphatic rings. The molecule has 0 unspecified atom stereocenters. The molecule has 0 spiro atoms. The number of carbonyl (C=O) groups is 1. The number of nitriles is 1. The molecule has 1 saturated carbocycles. The molecule has 0 radical (unpaired) electrons. The summed E-state index contributed by atoms with van der Waals surface area (Å²) in [5, 5.41) is 21.6. The molecule has 4 rings (SSSR count). The summed E-state index contributed by atoms with van der Waals surface area (Å²) >= 11 is 1.24. The predicted molar refractivity (Wildman–Crippen MR) is 101 cm³/mol. The molecule has 1 amide bonds. The van der Waals surface area contributed by atoms with E-state index < -0.39 is 5.54 Å². The largest absolute Gasteiger partial charge is 0.337 e. The van der Waals surface area contributed by atoms with Crippen LogP contribution < -0.4 is 10.9 Å². The second kappa shape index (κ2) is 6.70. The van der Waals surface area contributed by atoms with Crippen LogP contribution in [0.2, 0.25) is 0 Å². The van der Waals surface area contributed by atoms with Gasteiger partial charge in [0.05, 0.1) is 22.7 Å². The number of hydrogen-bond acceptors (Lipinski definition) is 6. The van der Waals surface area contributed by atoms with Crippen LogP contribution in [0.25, 0.3) is 16.7 Å². The van der Waals surface area contributed by atoms with E-state index in [4.69, 9.17) is 0 Å². The van der Waals surface area contributed by atoms with Crippen LogP contribution in [0.5, 0.6) is 0 Å². The number of fused-ring (bicyclic) bond motifs is 3. The molecular formula is C18H18N6O2S. The summed E-state index contributed by atoms with van der Waals surface area (Å²) in [5.74, 6) is 0.349. The first kappa shape index (κ1) is 17.5. The zero-order valence-electron chi connectivity index (χ0n) is 14.8. The van der Waals surface area contributed by atoms with E-state index >= 15 is 0 Å². The highest BCUT2D eigenvalue weighted by Crippen LogP contribution is 2.29. The number of para-hydroxylation sites is 1. The molecule has 0 aliphatic heterocycles. The highest BCUT2D eigenvalue weighted by atomic mass is 32.2. The Hall–Kier alpha value is -2.86. The van der Waals surface area contributed by atoms with E-state index in [1.807, 2.05) is 18.2 Å². The molecule has 3 aromatic rings. The number of rotatable bonds is 4. The Morgan fingerprint density at radius 3 is 2.81 bits per heavy atom. The van der Waals surface area contributed by atoms with Gasteiger partial charge in [-0.05, 0) is 37.8 Å². The average Bonchev–Trinajstić information content (AvgIpc) is 3.32. The zero-order chi connectivity index (χ0) is 19.0. The van der Waals surface area contributed by atoms with E-state index in [9.17, 15) is 14.9 Å². The maximum absolute atomic E-state index is 12.5. The normalized spacial score (nSPS) is 15.9. The topological polar surface area (TPSA) is 105 Å². The van der Waals surface area contributed by atoms with Gasteiger partial charge < -0.3 is 5.32 Å². The number of benzene rings is 1. The standard InChI is InChI=1S/C18H18N6O2S/c1-23-15(26)12-6-2-3-7-13(12)24-16(23)21-22-17(24)27-10-14(25)20-18(11-19)8-4-5-9-18/h2-3,6-7H,4-5,8-10H2,1H3,(H,20,25). The van der Waals surface area contributed by atoms with Gasteiger partial charge in [-0.25, -0.2) is 0 Å². The van der Waals surface area contributed by atoms with Crippen LogP contribution in [0.4, 0.5) is 0 Å². The fraction of sp³-hybridized carbons (Fsp3) is 0.389. The van der Waals surface area contributed by atoms with E-state index in [-0.39, 0.29) is 17.2 Å². The van der Waals surface area contributed by atoms with Crippen LogP contribution in [0.15, 0.2) is 34.2 Å². The third-order valence-electron chi connectivity index (χ3n) is 4.98. The maximum Gasteiger partial charge on any atom is 0.262 e. The van der Waals surface area contributed by atoms with E-state index in [0.717, 1.165) is 12.8 Å². The van der Waals surface area contributed by atoms with Gasteiger partial charge in [-0.15, -0.1) is 10.2 Å². The Morgan fingerprint density at radius 2 is 2.07 bits per heavy atom. The van der Waals surface area contributed by atoms with Crippen molar-refractivity contribution in [3.8, 4) is 6.07 Å². The number of aromatic nitrogens is 4. The van der Waals surface area contributed by atoms with Crippen LogP contribution in [-0.4, -0.2) is 36.4 Å². The highest BCUT2D eigenvalue weighted by molar-refractivity contribution is 7.99. The summed E-state index contributed by atoms with van der Waals surface area (Å²) in [4.78, 5) is 24.8. The Kier molecular flexibility index (Phi) is 4.36. The number of nitrogens with zero attached hydrogens (tertiary/aromatic N) is 5. The molecule has 1 fully saturated rings. The minimum absolute atomic E-state index is 0.126. The van der Waals surface area contributed by atoms with E-state index in [0.29, 0.717) is 34.7 Å². The Bertz CT molecular complexity index is 1140. The lowest BCUT2D eigenvalue weighted by Gasteiger charge is -2.21. The van der Waals surface area contributed by atoms with Crippen LogP contribution in [-0.2, 0) is 11.8 Å². The third-order valence-corrected chi connectivity index (χ3v) is 5.91. The molecule has 2 heterocycles. The number of aryl methyl sites for hydroxylation is 1. The first-order valence-electron chi connectivity index (χ1n) is 8.73. The number of nitrogens with one attached hydrogen (secondary N) is 1. The maximum atomic E-state index is 12.5. The van der Waals surface area contributed by atoms with E-state index in [2.05, 4.69) is 21.6 Å². The number of hydrogen-bond donors (Lipinski definition) is 1. The number of carbonyl (C=O) groups excluding carboxylic acids is 1. The van der Waals surface area contributed by atoms with Gasteiger partial charge in [0.1, 0.15) is 5.54 Å². The van der Waals surface area contributed by atoms with Gasteiger partial charge in [0, 0.05) is 7.05 Å². The van der Waals surface area contributed by atoms with Crippen LogP contribution in [0.1, 0.15) is 25.7 Å². The van der Waals surface area contributed by atoms with Gasteiger partial charge in [0.25, 0.3) is 5.56 Å². The summed E-state index contributed by atoms with van der Waals surface area (Å²) < 4.78 is 3.23. The molecule has 0 saturated heterocycles. The highest BCUT2D eigenvalue weighted by Gasteiger charge is 2.35. The fourth-order valence-corrected chi connectivity index (χ4v) is 4.32. The van der Waals surface area contributed by atoms with Gasteiger partial charge in [-0.2, -0.15) is 5.26 Å². The molecule has 1 aromatic carbocycles. The lowest BCUT2D eigenvalue weighted by Crippen LogP contribution is -2.45. The van der Waals surface area contributed by atoms with Crippen LogP contribution in [0.3, 0.4) is 0 Å². The summed E-state index contributed by atoms with van der Waals surface area (Å²) in [5.41, 5.74) is -0.175. The van der Waals surface area contributed by atoms with Crippen molar-refractivity contribution in [2.75, 3.05) is 5.75 Å². The first-order chi connectivity index (χ1) is 13.0. The van der Waals surface area contributed by atoms with Gasteiger partial charge in [0.2, 0.25) is 11.7 Å². The monoisotopic (exact) mass is 382 g/mol. The zero-order valence-corrected chi connectivity index (χ0v) is 15.6. The first-order valence-corrected chi connectivity index (χ1v) is 9.71. The SMILES string of the molecule is Cn1c(=O)c2ccccc2n2c(SCC(=O)NC3(C#N)CCCC3)nnc12. The van der Waals surface area contributed by atoms with Crippen LogP contribution in [0, 0.1) is 11.3 Å². The molecule has 1 N–H and O–H groups in total. The number of amides is 1. The second-order valence-corrected chi connectivity index (χ2v) is 7.68. The summed E-state index contributed by atoms with van der Waals surface area (Å²) in [7, 11) is 1.65. The third kappa shape index (κ3) is 2.96. The van der Waals surface area contributed by atoms with Crippen molar-refractivity contribution in [1.29, 1.82) is 5.26 Å². The lowest BCUT2D eigenvalue weighted by atomic mass is 10.0. The summed E-state index contributed by atoms with van der Waals surface area (Å²) in [6, 6.07) is 9.50. The molecule has 9 heteroatoms. The predicted octanol–water partition coefficient (Wildman–Crippen LogP) is 1.63. The van der Waals surface area contributed by atoms with Crippen molar-refractivity contribution >= 4 is 34.3 Å². The molecule has 27 heavy (non-hydrogen) atoms. The minimum Gasteiger partial charge on any atom is -0.337 e. The van der Waals surface area contributed by atoms with Gasteiger partial charge in [-0.1, -0.05) is 23.9 Å². The molecule has 0 atom stereocenters. The van der Waals surface area contributed by atoms with Crippen molar-refractivity contribution in [2.45, 2.75) is 36.4 Å². The summed E-state index contributed by atoms with van der Waals surface area (Å²) in [6.45, 7) is 0. The smallest absolute Gasteiger partial charge is 0.262 e. The summed E-state index contributed by atoms with van der Waals surface area (Å²) in [6.07, 6.45) is 3.30. The molecular weight excluding hydrogens is 364 g/mol. The second-order valence-electron chi connectivity index (χ2n) is 6.74. The van der Waals surface area contributed by atoms with Gasteiger partial charge in [-0.3, -0.25) is 18.6 Å². The molecule has 2 aromatic heterocycles. The van der Waals surface area contributed by atoms with Gasteiger partial charge >= 0.3 is 0 Å². The molecule has 0 bridgehead atoms. The van der Waals surface area contributed by atoms with Crippen molar-refractivity contribution in [3.63, 3.8) is 0 Å². The molecule has 1 aliphatic carbocycles. The average molecular weight is 382 g/mol. The lowest BCUT2D eigenvalue weighted by molar-refractivity contribution is -0.119. The van der Waals surface area contributed by atoms with Crippen molar-refractivity contribution < 1.29 is 4.79 Å². The van der Waals surface area contributed by atoms with Crippen molar-refractivity contribution in [3.05, 3.63) is 34.6 Å². The van der Waals surface area contributed by atoms with E-state index in [1.165, 1.54) is 16.3 Å². The van der Waals surface area contributed by atoms with Crippen LogP contribution >= 0.6 is 11.8 Å². The molecule has 8 nitrogen and oxygen atoms in total. The Morgan fingerprint density at radius 1 is 1.33 bits per heavy atom. The van der Waals surface area contributed by atoms with Crippen molar-refractivity contribution in [2.24, 2.45) is 7.05 Å². The quantitative estimate of drug-likeness (QED) is 0.688. The Balaban J connectivity index is 1.63. The number of thioether (sulfide) groups is 1. The van der Waals surface area contributed by atoms with Gasteiger partial charge in [0.15, 0.2) is 5.16 Å². The Labute approximate surface area is 159 Å². The minimum atomic E-state index is -0.735. The fourth-order valence-electron chi connectivity index (χ4n) is 3.58. The molecule has 138 valence electrons. The van der Waals surface area contributed by atoms with Crippen molar-refractivity contribution in [1.82, 2.24) is 24.5 Å².